The molecule has 1 aromatic carbocycles. The largest absolute Gasteiger partial charge is 0.465 e. The highest BCUT2D eigenvalue weighted by atomic mass is 32.2. The zero-order valence-corrected chi connectivity index (χ0v) is 8.39. The van der Waals surface area contributed by atoms with Gasteiger partial charge in [0.05, 0.1) is 18.4 Å². The normalized spacial score (nSPS) is 13.9. The maximum absolute atomic E-state index is 11.3. The first-order valence-electron chi connectivity index (χ1n) is 4.11. The van der Waals surface area contributed by atoms with Gasteiger partial charge in [0.2, 0.25) is 0 Å². The van der Waals surface area contributed by atoms with Crippen molar-refractivity contribution in [3.05, 3.63) is 29.3 Å². The maximum atomic E-state index is 11.3. The zero-order chi connectivity index (χ0) is 10.1. The Morgan fingerprint density at radius 2 is 2.29 bits per heavy atom. The number of thioether (sulfide) groups is 1. The van der Waals surface area contributed by atoms with Gasteiger partial charge in [0.1, 0.15) is 0 Å². The predicted octanol–water partition coefficient (Wildman–Crippen LogP) is 1.76. The SMILES string of the molecule is COC(=O)c1ccc2c(c1)SCC2=O. The number of carbonyl (C=O) groups is 2. The van der Waals surface area contributed by atoms with E-state index >= 15 is 0 Å². The summed E-state index contributed by atoms with van der Waals surface area (Å²) in [6, 6.07) is 5.01. The fourth-order valence-electron chi connectivity index (χ4n) is 1.34. The van der Waals surface area contributed by atoms with Crippen molar-refractivity contribution >= 4 is 23.5 Å². The molecule has 0 saturated heterocycles. The molecule has 0 amide bonds. The standard InChI is InChI=1S/C10H8O3S/c1-13-10(12)6-2-3-7-8(11)5-14-9(7)4-6/h2-4H,5H2,1H3. The molecule has 2 rings (SSSR count). The number of ether oxygens (including phenoxy) is 1. The molecule has 0 spiro atoms. The summed E-state index contributed by atoms with van der Waals surface area (Å²) in [6.45, 7) is 0. The van der Waals surface area contributed by atoms with Gasteiger partial charge < -0.3 is 4.74 Å². The molecule has 0 fully saturated rings. The number of rotatable bonds is 1. The smallest absolute Gasteiger partial charge is 0.337 e. The van der Waals surface area contributed by atoms with Crippen LogP contribution in [0.4, 0.5) is 0 Å². The van der Waals surface area contributed by atoms with Gasteiger partial charge >= 0.3 is 5.97 Å². The van der Waals surface area contributed by atoms with Crippen LogP contribution in [0.5, 0.6) is 0 Å². The number of fused-ring (bicyclic) bond motifs is 1. The van der Waals surface area contributed by atoms with Crippen molar-refractivity contribution in [2.45, 2.75) is 4.90 Å². The lowest BCUT2D eigenvalue weighted by Gasteiger charge is -2.01. The first-order chi connectivity index (χ1) is 6.72. The van der Waals surface area contributed by atoms with Crippen LogP contribution in [-0.4, -0.2) is 24.6 Å². The summed E-state index contributed by atoms with van der Waals surface area (Å²) >= 11 is 1.46. The van der Waals surface area contributed by atoms with Crippen LogP contribution in [0.1, 0.15) is 20.7 Å². The van der Waals surface area contributed by atoms with Gasteiger partial charge in [-0.3, -0.25) is 4.79 Å². The minimum absolute atomic E-state index is 0.126. The van der Waals surface area contributed by atoms with Crippen molar-refractivity contribution < 1.29 is 14.3 Å². The van der Waals surface area contributed by atoms with Crippen LogP contribution in [0.15, 0.2) is 23.1 Å². The topological polar surface area (TPSA) is 43.4 Å². The fourth-order valence-corrected chi connectivity index (χ4v) is 2.33. The van der Waals surface area contributed by atoms with E-state index in [9.17, 15) is 9.59 Å². The van der Waals surface area contributed by atoms with Crippen molar-refractivity contribution in [1.82, 2.24) is 0 Å². The summed E-state index contributed by atoms with van der Waals surface area (Å²) < 4.78 is 4.59. The molecule has 4 heteroatoms. The molecule has 72 valence electrons. The van der Waals surface area contributed by atoms with Gasteiger partial charge in [-0.2, -0.15) is 0 Å². The molecule has 0 radical (unpaired) electrons. The Labute approximate surface area is 85.4 Å². The number of ketones is 1. The van der Waals surface area contributed by atoms with E-state index in [-0.39, 0.29) is 11.8 Å². The number of esters is 1. The number of hydrogen-bond donors (Lipinski definition) is 0. The molecular formula is C10H8O3S. The first kappa shape index (κ1) is 9.27. The van der Waals surface area contributed by atoms with Crippen molar-refractivity contribution in [3.8, 4) is 0 Å². The molecule has 1 aliphatic heterocycles. The Morgan fingerprint density at radius 3 is 3.00 bits per heavy atom. The first-order valence-corrected chi connectivity index (χ1v) is 5.09. The van der Waals surface area contributed by atoms with Gasteiger partial charge in [0.15, 0.2) is 5.78 Å². The second-order valence-electron chi connectivity index (χ2n) is 2.91. The summed E-state index contributed by atoms with van der Waals surface area (Å²) in [5.74, 6) is 0.231. The Kier molecular flexibility index (Phi) is 2.29. The van der Waals surface area contributed by atoms with Gasteiger partial charge in [-0.05, 0) is 18.2 Å². The summed E-state index contributed by atoms with van der Waals surface area (Å²) in [4.78, 5) is 23.3. The quantitative estimate of drug-likeness (QED) is 0.659. The van der Waals surface area contributed by atoms with E-state index in [1.165, 1.54) is 18.9 Å². The molecule has 0 atom stereocenters. The van der Waals surface area contributed by atoms with Crippen LogP contribution in [-0.2, 0) is 4.74 Å². The maximum Gasteiger partial charge on any atom is 0.337 e. The van der Waals surface area contributed by atoms with E-state index in [4.69, 9.17) is 0 Å². The van der Waals surface area contributed by atoms with Crippen LogP contribution < -0.4 is 0 Å². The number of benzene rings is 1. The average molecular weight is 208 g/mol. The third-order valence-electron chi connectivity index (χ3n) is 2.06. The minimum atomic E-state index is -0.368. The van der Waals surface area contributed by atoms with Crippen molar-refractivity contribution in [2.75, 3.05) is 12.9 Å². The van der Waals surface area contributed by atoms with E-state index in [2.05, 4.69) is 4.74 Å². The summed E-state index contributed by atoms with van der Waals surface area (Å²) in [5, 5.41) is 0. The molecular weight excluding hydrogens is 200 g/mol. The number of carbonyl (C=O) groups excluding carboxylic acids is 2. The molecule has 0 unspecified atom stereocenters. The van der Waals surface area contributed by atoms with E-state index < -0.39 is 0 Å². The van der Waals surface area contributed by atoms with Gasteiger partial charge in [-0.1, -0.05) is 0 Å². The van der Waals surface area contributed by atoms with Crippen LogP contribution in [0.3, 0.4) is 0 Å². The lowest BCUT2D eigenvalue weighted by Crippen LogP contribution is -2.02. The van der Waals surface area contributed by atoms with Crippen LogP contribution >= 0.6 is 11.8 Å². The number of Topliss-reactive ketones (excluding diaryl/α,β-unsaturated/α-hetero) is 1. The third kappa shape index (κ3) is 1.42. The molecule has 0 aromatic heterocycles. The molecule has 0 aliphatic carbocycles. The Balaban J connectivity index is 2.42. The second kappa shape index (κ2) is 3.46. The predicted molar refractivity (Wildman–Crippen MR) is 52.8 cm³/mol. The van der Waals surface area contributed by atoms with Gasteiger partial charge in [0, 0.05) is 10.5 Å². The molecule has 1 aromatic rings. The fraction of sp³-hybridized carbons (Fsp3) is 0.200. The van der Waals surface area contributed by atoms with Gasteiger partial charge in [-0.25, -0.2) is 4.79 Å². The lowest BCUT2D eigenvalue weighted by molar-refractivity contribution is 0.0600. The van der Waals surface area contributed by atoms with Crippen LogP contribution in [0.2, 0.25) is 0 Å². The van der Waals surface area contributed by atoms with Gasteiger partial charge in [-0.15, -0.1) is 11.8 Å². The average Bonchev–Trinajstić information content (AvgIpc) is 2.59. The van der Waals surface area contributed by atoms with E-state index in [1.54, 1.807) is 18.2 Å². The number of hydrogen-bond acceptors (Lipinski definition) is 4. The van der Waals surface area contributed by atoms with E-state index in [0.717, 1.165) is 4.90 Å². The summed E-state index contributed by atoms with van der Waals surface area (Å²) in [7, 11) is 1.34. The monoisotopic (exact) mass is 208 g/mol. The molecule has 14 heavy (non-hydrogen) atoms. The Morgan fingerprint density at radius 1 is 1.50 bits per heavy atom. The van der Waals surface area contributed by atoms with Crippen LogP contribution in [0.25, 0.3) is 0 Å². The lowest BCUT2D eigenvalue weighted by atomic mass is 10.1. The number of methoxy groups -OCH3 is 1. The van der Waals surface area contributed by atoms with Crippen molar-refractivity contribution in [1.29, 1.82) is 0 Å². The highest BCUT2D eigenvalue weighted by Gasteiger charge is 2.21. The zero-order valence-electron chi connectivity index (χ0n) is 7.57. The molecule has 1 aliphatic rings. The molecule has 0 N–H and O–H groups in total. The molecule has 0 saturated carbocycles. The van der Waals surface area contributed by atoms with E-state index in [1.807, 2.05) is 0 Å². The van der Waals surface area contributed by atoms with Gasteiger partial charge in [0.25, 0.3) is 0 Å². The molecule has 0 bridgehead atoms. The van der Waals surface area contributed by atoms with Crippen molar-refractivity contribution in [2.24, 2.45) is 0 Å². The highest BCUT2D eigenvalue weighted by molar-refractivity contribution is 8.00. The van der Waals surface area contributed by atoms with Crippen molar-refractivity contribution in [3.63, 3.8) is 0 Å². The minimum Gasteiger partial charge on any atom is -0.465 e. The summed E-state index contributed by atoms with van der Waals surface area (Å²) in [6.07, 6.45) is 0. The van der Waals surface area contributed by atoms with Crippen LogP contribution in [0, 0.1) is 0 Å². The Hall–Kier alpha value is -1.29. The third-order valence-corrected chi connectivity index (χ3v) is 3.12. The Bertz CT molecular complexity index is 412. The van der Waals surface area contributed by atoms with E-state index in [0.29, 0.717) is 16.9 Å². The molecule has 1 heterocycles. The second-order valence-corrected chi connectivity index (χ2v) is 3.93. The highest BCUT2D eigenvalue weighted by Crippen LogP contribution is 2.31. The molecule has 3 nitrogen and oxygen atoms in total. The summed E-state index contributed by atoms with van der Waals surface area (Å²) in [5.41, 5.74) is 1.20.